The molecule has 0 unspecified atom stereocenters. The zero-order valence-corrected chi connectivity index (χ0v) is 11.6. The average molecular weight is 262 g/mol. The van der Waals surface area contributed by atoms with Crippen LogP contribution in [0.5, 0.6) is 5.75 Å². The van der Waals surface area contributed by atoms with Crippen LogP contribution < -0.4 is 10.1 Å². The van der Waals surface area contributed by atoms with Gasteiger partial charge in [0.1, 0.15) is 17.4 Å². The van der Waals surface area contributed by atoms with Gasteiger partial charge in [-0.2, -0.15) is 5.26 Å². The fraction of sp³-hybridized carbons (Fsp3) is 0.429. The van der Waals surface area contributed by atoms with E-state index in [2.05, 4.69) is 5.32 Å². The summed E-state index contributed by atoms with van der Waals surface area (Å²) in [5.41, 5.74) is 0.0298. The summed E-state index contributed by atoms with van der Waals surface area (Å²) >= 11 is 0. The van der Waals surface area contributed by atoms with E-state index in [4.69, 9.17) is 14.7 Å². The van der Waals surface area contributed by atoms with Crippen LogP contribution in [-0.2, 0) is 9.53 Å². The number of benzene rings is 1. The first-order chi connectivity index (χ1) is 9.00. The van der Waals surface area contributed by atoms with Gasteiger partial charge in [-0.05, 0) is 31.5 Å². The molecule has 0 aliphatic rings. The summed E-state index contributed by atoms with van der Waals surface area (Å²) in [7, 11) is 2.99. The van der Waals surface area contributed by atoms with Gasteiger partial charge in [-0.15, -0.1) is 0 Å². The summed E-state index contributed by atoms with van der Waals surface area (Å²) in [4.78, 5) is 12.1. The minimum Gasteiger partial charge on any atom is -0.495 e. The average Bonchev–Trinajstić information content (AvgIpc) is 2.45. The van der Waals surface area contributed by atoms with Crippen LogP contribution in [0, 0.1) is 11.3 Å². The normalized spacial score (nSPS) is 13.2. The minimum absolute atomic E-state index is 0.244. The molecule has 0 spiro atoms. The Bertz CT molecular complexity index is 502. The number of carbonyl (C=O) groups is 1. The Labute approximate surface area is 113 Å². The summed E-state index contributed by atoms with van der Waals surface area (Å²) < 4.78 is 10.3. The van der Waals surface area contributed by atoms with Crippen LogP contribution in [-0.4, -0.2) is 25.7 Å². The van der Waals surface area contributed by atoms with Crippen LogP contribution in [0.4, 0.5) is 5.69 Å². The molecular formula is C14H18N2O3. The first-order valence-electron chi connectivity index (χ1n) is 5.95. The SMILES string of the molecule is CC[C@@](C)(OC)C(=O)Nc1ccc(OC)c(C#N)c1. The van der Waals surface area contributed by atoms with Crippen LogP contribution in [0.25, 0.3) is 0 Å². The smallest absolute Gasteiger partial charge is 0.256 e. The van der Waals surface area contributed by atoms with Gasteiger partial charge in [0, 0.05) is 12.8 Å². The number of anilines is 1. The Balaban J connectivity index is 2.95. The molecule has 1 amide bonds. The van der Waals surface area contributed by atoms with Gasteiger partial charge in [0.15, 0.2) is 0 Å². The van der Waals surface area contributed by atoms with Gasteiger partial charge >= 0.3 is 0 Å². The Morgan fingerprint density at radius 2 is 2.16 bits per heavy atom. The maximum Gasteiger partial charge on any atom is 0.256 e. The lowest BCUT2D eigenvalue weighted by Crippen LogP contribution is -2.41. The number of nitrogens with one attached hydrogen (secondary N) is 1. The molecule has 19 heavy (non-hydrogen) atoms. The molecule has 0 aliphatic heterocycles. The van der Waals surface area contributed by atoms with Gasteiger partial charge < -0.3 is 14.8 Å². The highest BCUT2D eigenvalue weighted by Crippen LogP contribution is 2.23. The number of hydrogen-bond acceptors (Lipinski definition) is 4. The predicted octanol–water partition coefficient (Wildman–Crippen LogP) is 2.32. The lowest BCUT2D eigenvalue weighted by atomic mass is 10.0. The lowest BCUT2D eigenvalue weighted by Gasteiger charge is -2.25. The molecule has 5 heteroatoms. The van der Waals surface area contributed by atoms with Crippen molar-refractivity contribution >= 4 is 11.6 Å². The number of nitriles is 1. The van der Waals surface area contributed by atoms with E-state index in [1.807, 2.05) is 13.0 Å². The van der Waals surface area contributed by atoms with E-state index in [0.29, 0.717) is 23.4 Å². The third-order valence-corrected chi connectivity index (χ3v) is 3.18. The molecule has 0 heterocycles. The van der Waals surface area contributed by atoms with E-state index in [1.54, 1.807) is 25.1 Å². The monoisotopic (exact) mass is 262 g/mol. The van der Waals surface area contributed by atoms with Crippen molar-refractivity contribution in [3.8, 4) is 11.8 Å². The van der Waals surface area contributed by atoms with Gasteiger partial charge in [-0.25, -0.2) is 0 Å². The maximum atomic E-state index is 12.1. The highest BCUT2D eigenvalue weighted by atomic mass is 16.5. The molecule has 1 rings (SSSR count). The van der Waals surface area contributed by atoms with Gasteiger partial charge in [-0.3, -0.25) is 4.79 Å². The second kappa shape index (κ2) is 6.21. The van der Waals surface area contributed by atoms with Crippen LogP contribution in [0.15, 0.2) is 18.2 Å². The number of amides is 1. The van der Waals surface area contributed by atoms with E-state index < -0.39 is 5.60 Å². The fourth-order valence-corrected chi connectivity index (χ4v) is 1.53. The van der Waals surface area contributed by atoms with Crippen molar-refractivity contribution in [2.24, 2.45) is 0 Å². The molecule has 0 saturated carbocycles. The van der Waals surface area contributed by atoms with Gasteiger partial charge in [0.2, 0.25) is 0 Å². The topological polar surface area (TPSA) is 71.3 Å². The maximum absolute atomic E-state index is 12.1. The summed E-state index contributed by atoms with van der Waals surface area (Å²) in [6.07, 6.45) is 0.552. The third kappa shape index (κ3) is 3.24. The van der Waals surface area contributed by atoms with Crippen molar-refractivity contribution in [1.29, 1.82) is 5.26 Å². The molecule has 0 aliphatic carbocycles. The molecule has 0 saturated heterocycles. The molecular weight excluding hydrogens is 244 g/mol. The van der Waals surface area contributed by atoms with Crippen LogP contribution in [0.1, 0.15) is 25.8 Å². The zero-order chi connectivity index (χ0) is 14.5. The Morgan fingerprint density at radius 3 is 2.63 bits per heavy atom. The van der Waals surface area contributed by atoms with E-state index in [1.165, 1.54) is 14.2 Å². The molecule has 1 N–H and O–H groups in total. The van der Waals surface area contributed by atoms with E-state index in [0.717, 1.165) is 0 Å². The van der Waals surface area contributed by atoms with Crippen LogP contribution in [0.2, 0.25) is 0 Å². The second-order valence-corrected chi connectivity index (χ2v) is 4.27. The Hall–Kier alpha value is -2.06. The number of carbonyl (C=O) groups excluding carboxylic acids is 1. The highest BCUT2D eigenvalue weighted by Gasteiger charge is 2.31. The molecule has 1 aromatic carbocycles. The number of nitrogens with zero attached hydrogens (tertiary/aromatic N) is 1. The summed E-state index contributed by atoms with van der Waals surface area (Å²) in [6.45, 7) is 3.59. The first kappa shape index (κ1) is 15.0. The van der Waals surface area contributed by atoms with E-state index in [-0.39, 0.29) is 5.91 Å². The highest BCUT2D eigenvalue weighted by molar-refractivity contribution is 5.97. The van der Waals surface area contributed by atoms with Crippen LogP contribution >= 0.6 is 0 Å². The molecule has 0 aromatic heterocycles. The van der Waals surface area contributed by atoms with Crippen molar-refractivity contribution in [1.82, 2.24) is 0 Å². The summed E-state index contributed by atoms with van der Waals surface area (Å²) in [5.74, 6) is 0.233. The van der Waals surface area contributed by atoms with Gasteiger partial charge in [-0.1, -0.05) is 6.92 Å². The summed E-state index contributed by atoms with van der Waals surface area (Å²) in [6, 6.07) is 6.92. The fourth-order valence-electron chi connectivity index (χ4n) is 1.53. The Morgan fingerprint density at radius 1 is 1.47 bits per heavy atom. The molecule has 0 radical (unpaired) electrons. The standard InChI is InChI=1S/C14H18N2O3/c1-5-14(2,19-4)13(17)16-11-6-7-12(18-3)10(8-11)9-15/h6-8H,5H2,1-4H3,(H,16,17)/t14-/m1/s1. The Kier molecular flexibility index (Phi) is 4.90. The molecule has 1 aromatic rings. The molecule has 1 atom stereocenters. The largest absolute Gasteiger partial charge is 0.495 e. The number of rotatable bonds is 5. The van der Waals surface area contributed by atoms with Crippen molar-refractivity contribution in [2.75, 3.05) is 19.5 Å². The van der Waals surface area contributed by atoms with Gasteiger partial charge in [0.25, 0.3) is 5.91 Å². The molecule has 5 nitrogen and oxygen atoms in total. The van der Waals surface area contributed by atoms with Crippen molar-refractivity contribution in [3.05, 3.63) is 23.8 Å². The number of hydrogen-bond donors (Lipinski definition) is 1. The van der Waals surface area contributed by atoms with Crippen LogP contribution in [0.3, 0.4) is 0 Å². The van der Waals surface area contributed by atoms with E-state index >= 15 is 0 Å². The summed E-state index contributed by atoms with van der Waals surface area (Å²) in [5, 5.41) is 11.7. The predicted molar refractivity (Wildman–Crippen MR) is 72.0 cm³/mol. The molecule has 0 fully saturated rings. The van der Waals surface area contributed by atoms with Crippen molar-refractivity contribution in [2.45, 2.75) is 25.9 Å². The number of methoxy groups -OCH3 is 2. The zero-order valence-electron chi connectivity index (χ0n) is 11.6. The second-order valence-electron chi connectivity index (χ2n) is 4.27. The molecule has 0 bridgehead atoms. The van der Waals surface area contributed by atoms with Crippen molar-refractivity contribution in [3.63, 3.8) is 0 Å². The minimum atomic E-state index is -0.882. The lowest BCUT2D eigenvalue weighted by molar-refractivity contribution is -0.136. The first-order valence-corrected chi connectivity index (χ1v) is 5.95. The van der Waals surface area contributed by atoms with Gasteiger partial charge in [0.05, 0.1) is 12.7 Å². The van der Waals surface area contributed by atoms with E-state index in [9.17, 15) is 4.79 Å². The number of ether oxygens (including phenoxy) is 2. The quantitative estimate of drug-likeness (QED) is 0.884. The third-order valence-electron chi connectivity index (χ3n) is 3.18. The van der Waals surface area contributed by atoms with Crippen molar-refractivity contribution < 1.29 is 14.3 Å². The molecule has 102 valence electrons.